The summed E-state index contributed by atoms with van der Waals surface area (Å²) in [5.74, 6) is 0. The predicted octanol–water partition coefficient (Wildman–Crippen LogP) is 11.2. The highest BCUT2D eigenvalue weighted by molar-refractivity contribution is 6.32. The van der Waals surface area contributed by atoms with Crippen molar-refractivity contribution in [2.75, 3.05) is 36.5 Å². The molecule has 0 saturated carbocycles. The van der Waals surface area contributed by atoms with Gasteiger partial charge < -0.3 is 15.1 Å². The lowest BCUT2D eigenvalue weighted by Gasteiger charge is -2.49. The molecule has 0 aromatic heterocycles. The van der Waals surface area contributed by atoms with E-state index in [4.69, 9.17) is 18.2 Å². The number of allylic oxidation sites excluding steroid dienone is 3. The zero-order chi connectivity index (χ0) is 35.9. The Labute approximate surface area is 307 Å². The van der Waals surface area contributed by atoms with Crippen molar-refractivity contribution in [2.24, 2.45) is 0 Å². The van der Waals surface area contributed by atoms with Gasteiger partial charge in [-0.05, 0) is 177 Å². The molecule has 3 aromatic carbocycles. The molecule has 2 aliphatic carbocycles. The van der Waals surface area contributed by atoms with E-state index in [0.29, 0.717) is 0 Å². The minimum atomic E-state index is -0.301. The lowest BCUT2D eigenvalue weighted by molar-refractivity contribution is 0.521. The first kappa shape index (κ1) is 35.0. The first-order valence-electron chi connectivity index (χ1n) is 19.3. The second-order valence-electron chi connectivity index (χ2n) is 16.0. The Hall–Kier alpha value is -3.43. The molecule has 5 aliphatic rings. The summed E-state index contributed by atoms with van der Waals surface area (Å²) in [6, 6.07) is 7.88. The van der Waals surface area contributed by atoms with Crippen LogP contribution in [0.1, 0.15) is 133 Å². The molecule has 3 aliphatic heterocycles. The third-order valence-corrected chi connectivity index (χ3v) is 13.4. The topological polar surface area (TPSA) is 18.5 Å². The number of aryl methyl sites for hydroxylation is 1. The van der Waals surface area contributed by atoms with Crippen molar-refractivity contribution in [1.29, 1.82) is 0 Å². The van der Waals surface area contributed by atoms with Crippen LogP contribution in [0.25, 0.3) is 11.1 Å². The Morgan fingerprint density at radius 1 is 0.920 bits per heavy atom. The van der Waals surface area contributed by atoms with E-state index in [0.717, 1.165) is 68.9 Å². The number of nitrogens with zero attached hydrogens (tertiary/aromatic N) is 2. The molecule has 50 heavy (non-hydrogen) atoms. The highest BCUT2D eigenvalue weighted by Crippen LogP contribution is 2.62. The van der Waals surface area contributed by atoms with Gasteiger partial charge in [-0.3, -0.25) is 0 Å². The van der Waals surface area contributed by atoms with Gasteiger partial charge in [-0.15, -0.1) is 0 Å². The number of fused-ring (bicyclic) bond motifs is 8. The first-order valence-corrected chi connectivity index (χ1v) is 19.7. The molecule has 3 aromatic rings. The van der Waals surface area contributed by atoms with Crippen LogP contribution in [0.15, 0.2) is 43.1 Å². The highest BCUT2D eigenvalue weighted by Gasteiger charge is 2.52. The molecule has 1 atom stereocenters. The van der Waals surface area contributed by atoms with E-state index in [2.05, 4.69) is 87.5 Å². The van der Waals surface area contributed by atoms with Gasteiger partial charge in [0.2, 0.25) is 0 Å². The minimum Gasteiger partial charge on any atom is -0.392 e. The molecule has 3 heterocycles. The molecular weight excluding hydrogens is 630 g/mol. The molecule has 1 unspecified atom stereocenters. The third kappa shape index (κ3) is 4.96. The van der Waals surface area contributed by atoms with Crippen LogP contribution >= 0.6 is 11.6 Å². The van der Waals surface area contributed by atoms with Crippen molar-refractivity contribution in [3.8, 4) is 0 Å². The van der Waals surface area contributed by atoms with E-state index < -0.39 is 0 Å². The van der Waals surface area contributed by atoms with E-state index in [9.17, 15) is 0 Å². The number of rotatable bonds is 5. The van der Waals surface area contributed by atoms with Gasteiger partial charge in [0.1, 0.15) is 0 Å². The van der Waals surface area contributed by atoms with E-state index in [-0.39, 0.29) is 11.0 Å². The fourth-order valence-corrected chi connectivity index (χ4v) is 10.8. The van der Waals surface area contributed by atoms with E-state index in [1.807, 2.05) is 20.9 Å². The van der Waals surface area contributed by atoms with Crippen molar-refractivity contribution in [3.05, 3.63) is 115 Å². The predicted molar refractivity (Wildman–Crippen MR) is 218 cm³/mol. The lowest BCUT2D eigenvalue weighted by Crippen LogP contribution is -2.48. The van der Waals surface area contributed by atoms with Crippen molar-refractivity contribution in [3.63, 3.8) is 0 Å². The second kappa shape index (κ2) is 12.7. The van der Waals surface area contributed by atoms with Crippen LogP contribution in [0.3, 0.4) is 0 Å². The van der Waals surface area contributed by atoms with Gasteiger partial charge in [-0.1, -0.05) is 50.7 Å². The molecule has 0 bridgehead atoms. The van der Waals surface area contributed by atoms with Crippen LogP contribution in [0.5, 0.6) is 0 Å². The minimum absolute atomic E-state index is 0.00984. The smallest absolute Gasteiger partial charge is 0.0534 e. The zero-order valence-electron chi connectivity index (χ0n) is 32.3. The van der Waals surface area contributed by atoms with Gasteiger partial charge in [0.25, 0.3) is 0 Å². The van der Waals surface area contributed by atoms with E-state index in [1.165, 1.54) is 91.0 Å². The molecule has 1 spiro atoms. The average molecular weight is 688 g/mol. The van der Waals surface area contributed by atoms with Crippen LogP contribution in [-0.4, -0.2) is 32.2 Å². The number of nitrogens with one attached hydrogen (secondary N) is 1. The van der Waals surface area contributed by atoms with Crippen molar-refractivity contribution in [1.82, 2.24) is 5.32 Å². The van der Waals surface area contributed by atoms with Gasteiger partial charge in [0.05, 0.1) is 11.0 Å². The summed E-state index contributed by atoms with van der Waals surface area (Å²) >= 11 is 7.28. The number of anilines is 2. The van der Waals surface area contributed by atoms with Crippen LogP contribution in [0.2, 0.25) is 5.02 Å². The maximum absolute atomic E-state index is 7.28. The number of hydrogen-bond acceptors (Lipinski definition) is 3. The zero-order valence-corrected chi connectivity index (χ0v) is 33.0. The molecule has 1 N–H and O–H groups in total. The fraction of sp³-hybridized carbons (Fsp3) is 0.478. The summed E-state index contributed by atoms with van der Waals surface area (Å²) in [6.45, 7) is 30.2. The first-order chi connectivity index (χ1) is 23.9. The largest absolute Gasteiger partial charge is 0.392 e. The Morgan fingerprint density at radius 3 is 2.40 bits per heavy atom. The van der Waals surface area contributed by atoms with Crippen LogP contribution < -0.4 is 15.1 Å². The summed E-state index contributed by atoms with van der Waals surface area (Å²) in [7, 11) is 1.98. The highest BCUT2D eigenvalue weighted by atomic mass is 35.5. The molecule has 0 radical (unpaired) electrons. The molecule has 8 rings (SSSR count). The number of hydrogen-bond donors (Lipinski definition) is 1. The van der Waals surface area contributed by atoms with Gasteiger partial charge >= 0.3 is 0 Å². The summed E-state index contributed by atoms with van der Waals surface area (Å²) in [5, 5.41) is 4.16. The number of halogens is 1. The average Bonchev–Trinajstić information content (AvgIpc) is 3.41. The summed E-state index contributed by atoms with van der Waals surface area (Å²) < 4.78 is 0. The third-order valence-electron chi connectivity index (χ3n) is 12.8. The van der Waals surface area contributed by atoms with Crippen LogP contribution in [0.4, 0.5) is 11.4 Å². The number of benzene rings is 3. The van der Waals surface area contributed by atoms with Crippen molar-refractivity contribution in [2.45, 2.75) is 118 Å². The molecule has 0 saturated heterocycles. The Morgan fingerprint density at radius 2 is 1.66 bits per heavy atom. The summed E-state index contributed by atoms with van der Waals surface area (Å²) in [6.07, 6.45) is 11.2. The standard InChI is InChI=1S/C44H52ClN3.C2H6/c1-25-23-43(7,8)48-18-12-15-33-35-19-32-21-38-31(14-11-17-47(38)16-10-13-27(3)46-9)20-36(32)44(37(35)22-34(25)42(33)48)24-26(2)39-28(4)29(5)41(45)30(6)40(39)44;1-2/h20-23,46H,2-3,10-19,24H2,1,4-9H3;1-2H3. The molecule has 4 heteroatoms. The van der Waals surface area contributed by atoms with E-state index in [1.54, 1.807) is 11.1 Å². The SMILES string of the molecule is C=C(CCCN1CCCc2cc3c(cc21)Cc1c(cc2c4c1CCCN4C(C)(C)C=C2C)C31CC(=C)c2c(C)c(C)c(Cl)c(C)c21)NC.CC. The molecule has 3 nitrogen and oxygen atoms in total. The molecule has 264 valence electrons. The van der Waals surface area contributed by atoms with Gasteiger partial charge in [-0.25, -0.2) is 0 Å². The Kier molecular flexibility index (Phi) is 8.86. The van der Waals surface area contributed by atoms with Crippen LogP contribution in [-0.2, 0) is 24.7 Å². The lowest BCUT2D eigenvalue weighted by atomic mass is 9.60. The molecule has 0 fully saturated rings. The summed E-state index contributed by atoms with van der Waals surface area (Å²) in [4.78, 5) is 5.37. The Balaban J connectivity index is 0.00000193. The second-order valence-corrected chi connectivity index (χ2v) is 16.4. The van der Waals surface area contributed by atoms with Gasteiger partial charge in [0.15, 0.2) is 0 Å². The monoisotopic (exact) mass is 687 g/mol. The Bertz CT molecular complexity index is 1980. The maximum Gasteiger partial charge on any atom is 0.0534 e. The van der Waals surface area contributed by atoms with Crippen molar-refractivity contribution >= 4 is 34.1 Å². The summed E-state index contributed by atoms with van der Waals surface area (Å²) in [5.41, 5.74) is 23.6. The van der Waals surface area contributed by atoms with Gasteiger partial charge in [-0.2, -0.15) is 0 Å². The van der Waals surface area contributed by atoms with E-state index >= 15 is 0 Å². The normalized spacial score (nSPS) is 20.6. The fourth-order valence-electron chi connectivity index (χ4n) is 10.5. The quantitative estimate of drug-likeness (QED) is 0.288. The van der Waals surface area contributed by atoms with Crippen LogP contribution in [0, 0.1) is 20.8 Å². The molecular formula is C46H58ClN3. The van der Waals surface area contributed by atoms with Crippen molar-refractivity contribution < 1.29 is 0 Å². The molecule has 0 amide bonds. The maximum atomic E-state index is 7.28. The van der Waals surface area contributed by atoms with Gasteiger partial charge in [0, 0.05) is 54.3 Å².